The second-order valence-electron chi connectivity index (χ2n) is 2.00. The normalized spacial score (nSPS) is 13.1. The number of hydrogen-bond donors (Lipinski definition) is 0. The van der Waals surface area contributed by atoms with Crippen LogP contribution < -0.4 is 0 Å². The lowest BCUT2D eigenvalue weighted by atomic mass is 10.2. The Morgan fingerprint density at radius 3 is 2.80 bits per heavy atom. The van der Waals surface area contributed by atoms with Gasteiger partial charge in [0.1, 0.15) is 5.15 Å². The van der Waals surface area contributed by atoms with Gasteiger partial charge >= 0.3 is 0 Å². The summed E-state index contributed by atoms with van der Waals surface area (Å²) in [6, 6.07) is 3.89. The van der Waals surface area contributed by atoms with Crippen LogP contribution in [-0.2, 0) is 0 Å². The van der Waals surface area contributed by atoms with E-state index >= 15 is 0 Å². The first-order chi connectivity index (χ1) is 4.72. The van der Waals surface area contributed by atoms with Gasteiger partial charge in [-0.3, -0.25) is 0 Å². The fourth-order valence-electron chi connectivity index (χ4n) is 0.695. The van der Waals surface area contributed by atoms with Crippen LogP contribution in [0, 0.1) is 0 Å². The smallest absolute Gasteiger partial charge is 0.133 e. The van der Waals surface area contributed by atoms with Gasteiger partial charge in [0.15, 0.2) is 0 Å². The van der Waals surface area contributed by atoms with Crippen molar-refractivity contribution < 1.29 is 0 Å². The third kappa shape index (κ3) is 1.83. The maximum absolute atomic E-state index is 5.80. The lowest BCUT2D eigenvalue weighted by Crippen LogP contribution is -1.86. The molecule has 1 nitrogen and oxygen atoms in total. The molecule has 3 heteroatoms. The Morgan fingerprint density at radius 1 is 1.70 bits per heavy atom. The summed E-state index contributed by atoms with van der Waals surface area (Å²) in [5, 5.41) is 0.615. The summed E-state index contributed by atoms with van der Waals surface area (Å²) >= 11 is 8.11. The van der Waals surface area contributed by atoms with Crippen LogP contribution in [-0.4, -0.2) is 4.98 Å². The molecule has 1 heterocycles. The van der Waals surface area contributed by atoms with Gasteiger partial charge in [0, 0.05) is 15.7 Å². The predicted molar refractivity (Wildman–Crippen MR) is 51.7 cm³/mol. The van der Waals surface area contributed by atoms with Gasteiger partial charge in [-0.15, -0.1) is 0 Å². The zero-order valence-electron chi connectivity index (χ0n) is 5.51. The van der Waals surface area contributed by atoms with E-state index in [-0.39, 0.29) is 0 Å². The molecule has 10 heavy (non-hydrogen) atoms. The molecule has 1 rings (SSSR count). The number of hydrogen-bond acceptors (Lipinski definition) is 1. The first-order valence-electron chi connectivity index (χ1n) is 2.96. The van der Waals surface area contributed by atoms with Gasteiger partial charge in [0.05, 0.1) is 0 Å². The molecule has 0 amide bonds. The first kappa shape index (κ1) is 8.27. The Labute approximate surface area is 78.9 Å². The maximum atomic E-state index is 5.80. The summed E-state index contributed by atoms with van der Waals surface area (Å²) in [7, 11) is 0. The van der Waals surface area contributed by atoms with E-state index in [1.54, 1.807) is 6.20 Å². The Balaban J connectivity index is 3.03. The average Bonchev–Trinajstić information content (AvgIpc) is 1.88. The van der Waals surface area contributed by atoms with E-state index < -0.39 is 0 Å². The van der Waals surface area contributed by atoms with E-state index in [2.05, 4.69) is 34.5 Å². The number of rotatable bonds is 1. The van der Waals surface area contributed by atoms with Crippen LogP contribution in [0.25, 0.3) is 0 Å². The fraction of sp³-hybridized carbons (Fsp3) is 0.286. The number of alkyl halides is 1. The molecule has 0 aliphatic rings. The molecule has 0 aliphatic heterocycles. The minimum atomic E-state index is 0.429. The minimum absolute atomic E-state index is 0.429. The van der Waals surface area contributed by atoms with E-state index in [4.69, 9.17) is 11.6 Å². The summed E-state index contributed by atoms with van der Waals surface area (Å²) in [6.07, 6.45) is 1.70. The average molecular weight is 267 g/mol. The minimum Gasteiger partial charge on any atom is -0.244 e. The van der Waals surface area contributed by atoms with Crippen molar-refractivity contribution in [1.29, 1.82) is 0 Å². The standard InChI is InChI=1S/C7H7ClIN/c1-5(9)6-3-2-4-10-7(6)8/h2-5H,1H3. The summed E-state index contributed by atoms with van der Waals surface area (Å²) in [5.74, 6) is 0. The van der Waals surface area contributed by atoms with Crippen molar-refractivity contribution in [2.75, 3.05) is 0 Å². The maximum Gasteiger partial charge on any atom is 0.133 e. The third-order valence-electron chi connectivity index (χ3n) is 1.22. The largest absolute Gasteiger partial charge is 0.244 e. The molecule has 0 spiro atoms. The molecular formula is C7H7ClIN. The van der Waals surface area contributed by atoms with Gasteiger partial charge in [-0.05, 0) is 13.0 Å². The molecular weight excluding hydrogens is 260 g/mol. The van der Waals surface area contributed by atoms with Gasteiger partial charge in [0.25, 0.3) is 0 Å². The number of aromatic nitrogens is 1. The van der Waals surface area contributed by atoms with Crippen LogP contribution in [0.3, 0.4) is 0 Å². The van der Waals surface area contributed by atoms with Gasteiger partial charge in [0.2, 0.25) is 0 Å². The molecule has 0 aromatic carbocycles. The van der Waals surface area contributed by atoms with Crippen molar-refractivity contribution in [2.24, 2.45) is 0 Å². The summed E-state index contributed by atoms with van der Waals surface area (Å²) in [6.45, 7) is 2.09. The fourth-order valence-corrected chi connectivity index (χ4v) is 1.66. The molecule has 0 radical (unpaired) electrons. The van der Waals surface area contributed by atoms with Gasteiger partial charge in [-0.2, -0.15) is 0 Å². The molecule has 0 aliphatic carbocycles. The Hall–Kier alpha value is 0.170. The second-order valence-corrected chi connectivity index (χ2v) is 4.23. The zero-order chi connectivity index (χ0) is 7.56. The second kappa shape index (κ2) is 3.53. The van der Waals surface area contributed by atoms with Crippen LogP contribution in [0.5, 0.6) is 0 Å². The van der Waals surface area contributed by atoms with Crippen molar-refractivity contribution in [1.82, 2.24) is 4.98 Å². The van der Waals surface area contributed by atoms with Crippen molar-refractivity contribution >= 4 is 34.2 Å². The topological polar surface area (TPSA) is 12.9 Å². The predicted octanol–water partition coefficient (Wildman–Crippen LogP) is 3.23. The van der Waals surface area contributed by atoms with Crippen LogP contribution in [0.4, 0.5) is 0 Å². The van der Waals surface area contributed by atoms with Crippen LogP contribution in [0.15, 0.2) is 18.3 Å². The van der Waals surface area contributed by atoms with Gasteiger partial charge < -0.3 is 0 Å². The van der Waals surface area contributed by atoms with E-state index in [0.29, 0.717) is 9.08 Å². The quantitative estimate of drug-likeness (QED) is 0.432. The van der Waals surface area contributed by atoms with E-state index in [1.807, 2.05) is 12.1 Å². The number of halogens is 2. The Kier molecular flexibility index (Phi) is 2.92. The summed E-state index contributed by atoms with van der Waals surface area (Å²) < 4.78 is 0.429. The molecule has 1 atom stereocenters. The molecule has 0 saturated heterocycles. The molecule has 1 aromatic rings. The first-order valence-corrected chi connectivity index (χ1v) is 4.58. The molecule has 1 aromatic heterocycles. The Morgan fingerprint density at radius 2 is 2.40 bits per heavy atom. The van der Waals surface area contributed by atoms with E-state index in [1.165, 1.54) is 0 Å². The molecule has 0 saturated carbocycles. The highest BCUT2D eigenvalue weighted by Gasteiger charge is 2.04. The van der Waals surface area contributed by atoms with Gasteiger partial charge in [-0.1, -0.05) is 40.3 Å². The SMILES string of the molecule is CC(I)c1cccnc1Cl. The molecule has 0 N–H and O–H groups in total. The van der Waals surface area contributed by atoms with Crippen LogP contribution >= 0.6 is 34.2 Å². The third-order valence-corrected chi connectivity index (χ3v) is 2.20. The van der Waals surface area contributed by atoms with E-state index in [0.717, 1.165) is 5.56 Å². The molecule has 0 bridgehead atoms. The highest BCUT2D eigenvalue weighted by molar-refractivity contribution is 14.1. The van der Waals surface area contributed by atoms with Crippen LogP contribution in [0.2, 0.25) is 5.15 Å². The molecule has 1 unspecified atom stereocenters. The summed E-state index contributed by atoms with van der Waals surface area (Å²) in [5.41, 5.74) is 1.10. The number of pyridine rings is 1. The van der Waals surface area contributed by atoms with Crippen molar-refractivity contribution in [3.8, 4) is 0 Å². The highest BCUT2D eigenvalue weighted by atomic mass is 127. The van der Waals surface area contributed by atoms with Crippen molar-refractivity contribution in [3.63, 3.8) is 0 Å². The zero-order valence-corrected chi connectivity index (χ0v) is 8.43. The Bertz CT molecular complexity index is 225. The highest BCUT2D eigenvalue weighted by Crippen LogP contribution is 2.26. The molecule has 0 fully saturated rings. The summed E-state index contributed by atoms with van der Waals surface area (Å²) in [4.78, 5) is 3.96. The molecule has 54 valence electrons. The monoisotopic (exact) mass is 267 g/mol. The van der Waals surface area contributed by atoms with Crippen LogP contribution in [0.1, 0.15) is 16.4 Å². The lowest BCUT2D eigenvalue weighted by molar-refractivity contribution is 1.11. The van der Waals surface area contributed by atoms with Gasteiger partial charge in [-0.25, -0.2) is 4.98 Å². The van der Waals surface area contributed by atoms with Crippen molar-refractivity contribution in [2.45, 2.75) is 10.8 Å². The van der Waals surface area contributed by atoms with Crippen molar-refractivity contribution in [3.05, 3.63) is 29.0 Å². The number of nitrogens with zero attached hydrogens (tertiary/aromatic N) is 1. The van der Waals surface area contributed by atoms with E-state index in [9.17, 15) is 0 Å². The lowest BCUT2D eigenvalue weighted by Gasteiger charge is -2.03.